The van der Waals surface area contributed by atoms with Gasteiger partial charge in [-0.25, -0.2) is 4.39 Å². The van der Waals surface area contributed by atoms with Crippen molar-refractivity contribution >= 4 is 0 Å². The van der Waals surface area contributed by atoms with Crippen LogP contribution in [0, 0.1) is 11.7 Å². The number of rotatable bonds is 7. The third kappa shape index (κ3) is 5.19. The summed E-state index contributed by atoms with van der Waals surface area (Å²) in [5, 5.41) is 9.90. The number of hydrogen-bond acceptors (Lipinski definition) is 3. The summed E-state index contributed by atoms with van der Waals surface area (Å²) in [5.41, 5.74) is 5.99. The van der Waals surface area contributed by atoms with Crippen molar-refractivity contribution in [3.63, 3.8) is 0 Å². The highest BCUT2D eigenvalue weighted by Gasteiger charge is 2.23. The van der Waals surface area contributed by atoms with Gasteiger partial charge in [0.05, 0.1) is 5.60 Å². The Balaban J connectivity index is 2.69. The summed E-state index contributed by atoms with van der Waals surface area (Å²) in [6.07, 6.45) is 0. The summed E-state index contributed by atoms with van der Waals surface area (Å²) >= 11 is 0. The molecule has 1 aromatic carbocycles. The topological polar surface area (TPSA) is 49.5 Å². The number of likely N-dealkylation sites (N-methyl/N-ethyl adjacent to an activating group) is 1. The Kier molecular flexibility index (Phi) is 6.11. The molecule has 0 aliphatic heterocycles. The van der Waals surface area contributed by atoms with Crippen LogP contribution in [0.25, 0.3) is 0 Å². The third-order valence-corrected chi connectivity index (χ3v) is 3.48. The predicted octanol–water partition coefficient (Wildman–Crippen LogP) is 2.55. The smallest absolute Gasteiger partial charge is 0.127 e. The van der Waals surface area contributed by atoms with Gasteiger partial charge >= 0.3 is 0 Å². The Hall–Kier alpha value is -0.970. The van der Waals surface area contributed by atoms with Gasteiger partial charge in [0.25, 0.3) is 0 Å². The Bertz CT molecular complexity index is 417. The van der Waals surface area contributed by atoms with Crippen molar-refractivity contribution in [3.8, 4) is 0 Å². The molecule has 1 aromatic rings. The average Bonchev–Trinajstić information content (AvgIpc) is 2.36. The molecule has 0 aliphatic carbocycles. The maximum absolute atomic E-state index is 13.8. The summed E-state index contributed by atoms with van der Waals surface area (Å²) in [4.78, 5) is 2.14. The SMILES string of the molecule is CCN(CC(C)C(N)c1ccccc1F)CC(C)(C)O. The molecule has 0 amide bonds. The van der Waals surface area contributed by atoms with Crippen LogP contribution < -0.4 is 5.73 Å². The highest BCUT2D eigenvalue weighted by molar-refractivity contribution is 5.21. The van der Waals surface area contributed by atoms with E-state index in [1.165, 1.54) is 6.07 Å². The fraction of sp³-hybridized carbons (Fsp3) is 0.625. The van der Waals surface area contributed by atoms with Crippen LogP contribution in [0.15, 0.2) is 24.3 Å². The molecule has 0 aliphatic rings. The van der Waals surface area contributed by atoms with E-state index in [-0.39, 0.29) is 17.8 Å². The largest absolute Gasteiger partial charge is 0.389 e. The molecule has 2 atom stereocenters. The van der Waals surface area contributed by atoms with Crippen LogP contribution in [0.4, 0.5) is 4.39 Å². The van der Waals surface area contributed by atoms with Crippen LogP contribution in [0.2, 0.25) is 0 Å². The van der Waals surface area contributed by atoms with Crippen LogP contribution in [-0.2, 0) is 0 Å². The van der Waals surface area contributed by atoms with E-state index in [1.807, 2.05) is 13.8 Å². The molecule has 2 unspecified atom stereocenters. The van der Waals surface area contributed by atoms with E-state index in [0.717, 1.165) is 13.1 Å². The molecular weight excluding hydrogens is 255 g/mol. The van der Waals surface area contributed by atoms with Crippen molar-refractivity contribution in [3.05, 3.63) is 35.6 Å². The van der Waals surface area contributed by atoms with Gasteiger partial charge in [0.15, 0.2) is 0 Å². The van der Waals surface area contributed by atoms with Crippen molar-refractivity contribution in [2.24, 2.45) is 11.7 Å². The molecule has 0 bridgehead atoms. The summed E-state index contributed by atoms with van der Waals surface area (Å²) in [5.74, 6) is -0.147. The molecule has 20 heavy (non-hydrogen) atoms. The quantitative estimate of drug-likeness (QED) is 0.808. The van der Waals surface area contributed by atoms with Gasteiger partial charge in [0.1, 0.15) is 5.82 Å². The fourth-order valence-corrected chi connectivity index (χ4v) is 2.43. The molecule has 4 heteroatoms. The number of nitrogens with two attached hydrogens (primary N) is 1. The number of benzene rings is 1. The molecule has 3 N–H and O–H groups in total. The maximum Gasteiger partial charge on any atom is 0.127 e. The van der Waals surface area contributed by atoms with E-state index in [9.17, 15) is 9.50 Å². The van der Waals surface area contributed by atoms with E-state index in [4.69, 9.17) is 5.73 Å². The summed E-state index contributed by atoms with van der Waals surface area (Å²) in [7, 11) is 0. The zero-order valence-corrected chi connectivity index (χ0v) is 12.9. The number of nitrogens with zero attached hydrogens (tertiary/aromatic N) is 1. The van der Waals surface area contributed by atoms with Gasteiger partial charge in [0, 0.05) is 24.7 Å². The minimum absolute atomic E-state index is 0.106. The van der Waals surface area contributed by atoms with Crippen LogP contribution in [0.3, 0.4) is 0 Å². The minimum Gasteiger partial charge on any atom is -0.389 e. The van der Waals surface area contributed by atoms with Crippen molar-refractivity contribution in [2.75, 3.05) is 19.6 Å². The lowest BCUT2D eigenvalue weighted by molar-refractivity contribution is 0.0323. The van der Waals surface area contributed by atoms with Crippen molar-refractivity contribution in [2.45, 2.75) is 39.3 Å². The molecule has 0 saturated heterocycles. The van der Waals surface area contributed by atoms with Gasteiger partial charge in [-0.05, 0) is 32.4 Å². The Morgan fingerprint density at radius 2 is 1.95 bits per heavy atom. The molecule has 0 spiro atoms. The Morgan fingerprint density at radius 3 is 2.45 bits per heavy atom. The predicted molar refractivity (Wildman–Crippen MR) is 80.9 cm³/mol. The standard InChI is InChI=1S/C16H27FN2O/c1-5-19(11-16(3,4)20)10-12(2)15(18)13-8-6-7-9-14(13)17/h6-9,12,15,20H,5,10-11,18H2,1-4H3. The molecule has 3 nitrogen and oxygen atoms in total. The molecule has 0 aromatic heterocycles. The minimum atomic E-state index is -0.738. The lowest BCUT2D eigenvalue weighted by Crippen LogP contribution is -2.42. The second-order valence-corrected chi connectivity index (χ2v) is 6.16. The van der Waals surface area contributed by atoms with Crippen LogP contribution >= 0.6 is 0 Å². The summed E-state index contributed by atoms with van der Waals surface area (Å²) in [6, 6.07) is 6.31. The Labute approximate surface area is 121 Å². The fourth-order valence-electron chi connectivity index (χ4n) is 2.43. The lowest BCUT2D eigenvalue weighted by Gasteiger charge is -2.32. The van der Waals surface area contributed by atoms with Gasteiger partial charge in [-0.15, -0.1) is 0 Å². The van der Waals surface area contributed by atoms with Gasteiger partial charge in [-0.3, -0.25) is 0 Å². The Morgan fingerprint density at radius 1 is 1.35 bits per heavy atom. The normalized spacial score (nSPS) is 15.4. The zero-order valence-electron chi connectivity index (χ0n) is 12.9. The molecule has 0 heterocycles. The van der Waals surface area contributed by atoms with Crippen molar-refractivity contribution in [1.82, 2.24) is 4.90 Å². The van der Waals surface area contributed by atoms with E-state index in [1.54, 1.807) is 32.0 Å². The van der Waals surface area contributed by atoms with Crippen LogP contribution in [-0.4, -0.2) is 35.2 Å². The first-order chi connectivity index (χ1) is 9.24. The van der Waals surface area contributed by atoms with Crippen LogP contribution in [0.1, 0.15) is 39.3 Å². The van der Waals surface area contributed by atoms with E-state index in [0.29, 0.717) is 12.1 Å². The highest BCUT2D eigenvalue weighted by Crippen LogP contribution is 2.23. The number of halogens is 1. The van der Waals surface area contributed by atoms with Gasteiger partial charge in [-0.2, -0.15) is 0 Å². The second-order valence-electron chi connectivity index (χ2n) is 6.16. The van der Waals surface area contributed by atoms with Gasteiger partial charge < -0.3 is 15.7 Å². The van der Waals surface area contributed by atoms with Crippen LogP contribution in [0.5, 0.6) is 0 Å². The average molecular weight is 282 g/mol. The summed E-state index contributed by atoms with van der Waals surface area (Å²) in [6.45, 7) is 9.79. The number of hydrogen-bond donors (Lipinski definition) is 2. The lowest BCUT2D eigenvalue weighted by atomic mass is 9.94. The first-order valence-corrected chi connectivity index (χ1v) is 7.19. The van der Waals surface area contributed by atoms with E-state index >= 15 is 0 Å². The molecule has 0 saturated carbocycles. The van der Waals surface area contributed by atoms with Crippen molar-refractivity contribution < 1.29 is 9.50 Å². The monoisotopic (exact) mass is 282 g/mol. The van der Waals surface area contributed by atoms with Crippen molar-refractivity contribution in [1.29, 1.82) is 0 Å². The second kappa shape index (κ2) is 7.16. The molecule has 114 valence electrons. The molecule has 1 rings (SSSR count). The number of aliphatic hydroxyl groups is 1. The first-order valence-electron chi connectivity index (χ1n) is 7.19. The van der Waals surface area contributed by atoms with E-state index < -0.39 is 5.60 Å². The highest BCUT2D eigenvalue weighted by atomic mass is 19.1. The molecular formula is C16H27FN2O. The molecule has 0 fully saturated rings. The first kappa shape index (κ1) is 17.1. The molecule has 0 radical (unpaired) electrons. The zero-order chi connectivity index (χ0) is 15.3. The summed E-state index contributed by atoms with van der Waals surface area (Å²) < 4.78 is 13.8. The van der Waals surface area contributed by atoms with Gasteiger partial charge in [0.2, 0.25) is 0 Å². The maximum atomic E-state index is 13.8. The van der Waals surface area contributed by atoms with E-state index in [2.05, 4.69) is 4.90 Å². The third-order valence-electron chi connectivity index (χ3n) is 3.48. The van der Waals surface area contributed by atoms with Gasteiger partial charge in [-0.1, -0.05) is 32.0 Å².